The molecule has 0 aromatic heterocycles. The second-order valence-corrected chi connectivity index (χ2v) is 10.2. The number of carbonyl (C=O) groups excluding carboxylic acids is 2. The third kappa shape index (κ3) is 6.47. The van der Waals surface area contributed by atoms with Gasteiger partial charge < -0.3 is 15.0 Å². The number of hydrogen-bond donors (Lipinski definition) is 1. The second-order valence-electron chi connectivity index (χ2n) is 8.14. The fourth-order valence-electron chi connectivity index (χ4n) is 3.67. The summed E-state index contributed by atoms with van der Waals surface area (Å²) in [5.74, 6) is 0.416. The first-order valence-electron chi connectivity index (χ1n) is 11.0. The molecule has 1 aliphatic rings. The Labute approximate surface area is 195 Å². The van der Waals surface area contributed by atoms with Crippen molar-refractivity contribution in [3.05, 3.63) is 59.7 Å². The van der Waals surface area contributed by atoms with Crippen LogP contribution < -0.4 is 14.4 Å². The zero-order chi connectivity index (χ0) is 24.0. The van der Waals surface area contributed by atoms with E-state index in [4.69, 9.17) is 4.74 Å². The van der Waals surface area contributed by atoms with Gasteiger partial charge in [-0.1, -0.05) is 31.2 Å². The quantitative estimate of drug-likeness (QED) is 0.572. The molecule has 8 nitrogen and oxygen atoms in total. The van der Waals surface area contributed by atoms with Gasteiger partial charge in [-0.3, -0.25) is 13.9 Å². The number of nitrogens with one attached hydrogen (secondary N) is 1. The molecule has 3 rings (SSSR count). The van der Waals surface area contributed by atoms with Crippen molar-refractivity contribution < 1.29 is 22.7 Å². The number of likely N-dealkylation sites (tertiary alicyclic amines) is 1. The molecule has 1 aliphatic heterocycles. The number of hydrogen-bond acceptors (Lipinski definition) is 5. The van der Waals surface area contributed by atoms with Crippen LogP contribution in [0.15, 0.2) is 48.5 Å². The molecule has 9 heteroatoms. The molecule has 0 bridgehead atoms. The number of carbonyl (C=O) groups is 2. The number of nitrogens with zero attached hydrogens (tertiary/aromatic N) is 2. The fraction of sp³-hybridized carbons (Fsp3) is 0.417. The Morgan fingerprint density at radius 2 is 1.82 bits per heavy atom. The molecule has 0 aliphatic carbocycles. The van der Waals surface area contributed by atoms with Gasteiger partial charge in [-0.05, 0) is 48.2 Å². The first-order valence-corrected chi connectivity index (χ1v) is 12.9. The number of benzene rings is 2. The molecule has 1 unspecified atom stereocenters. The summed E-state index contributed by atoms with van der Waals surface area (Å²) < 4.78 is 30.4. The highest BCUT2D eigenvalue weighted by atomic mass is 32.2. The van der Waals surface area contributed by atoms with Crippen LogP contribution in [-0.4, -0.2) is 51.1 Å². The number of anilines is 1. The summed E-state index contributed by atoms with van der Waals surface area (Å²) in [6, 6.07) is 14.4. The molecule has 1 saturated heterocycles. The molecule has 0 spiro atoms. The molecule has 1 atom stereocenters. The Morgan fingerprint density at radius 1 is 1.15 bits per heavy atom. The van der Waals surface area contributed by atoms with Crippen molar-refractivity contribution in [2.45, 2.75) is 45.4 Å². The first kappa shape index (κ1) is 24.6. The SMILES string of the molecule is CCC(Oc1ccc(N(C)S(C)(=O)=O)cc1)C(=O)NCc1ccccc1CN1CCCC1=O. The Hall–Kier alpha value is -3.07. The van der Waals surface area contributed by atoms with E-state index in [9.17, 15) is 18.0 Å². The molecule has 1 heterocycles. The van der Waals surface area contributed by atoms with Gasteiger partial charge in [0, 0.05) is 33.1 Å². The van der Waals surface area contributed by atoms with Gasteiger partial charge in [-0.2, -0.15) is 0 Å². The van der Waals surface area contributed by atoms with Gasteiger partial charge in [-0.15, -0.1) is 0 Å². The van der Waals surface area contributed by atoms with Crippen LogP contribution in [0.1, 0.15) is 37.3 Å². The molecular formula is C24H31N3O5S. The van der Waals surface area contributed by atoms with Crippen LogP contribution >= 0.6 is 0 Å². The summed E-state index contributed by atoms with van der Waals surface area (Å²) in [5, 5.41) is 2.94. The summed E-state index contributed by atoms with van der Waals surface area (Å²) in [4.78, 5) is 26.6. The number of ether oxygens (including phenoxy) is 1. The molecule has 2 aromatic carbocycles. The smallest absolute Gasteiger partial charge is 0.261 e. The summed E-state index contributed by atoms with van der Waals surface area (Å²) >= 11 is 0. The summed E-state index contributed by atoms with van der Waals surface area (Å²) in [7, 11) is -1.87. The lowest BCUT2D eigenvalue weighted by Gasteiger charge is -2.21. The maximum atomic E-state index is 12.8. The van der Waals surface area contributed by atoms with Crippen LogP contribution in [-0.2, 0) is 32.7 Å². The Morgan fingerprint density at radius 3 is 2.39 bits per heavy atom. The second kappa shape index (κ2) is 10.7. The first-order chi connectivity index (χ1) is 15.7. The standard InChI is InChI=1S/C24H31N3O5S/c1-4-22(32-21-13-11-20(12-14-21)26(2)33(3,30)31)24(29)25-16-18-8-5-6-9-19(18)17-27-15-7-10-23(27)28/h5-6,8-9,11-14,22H,4,7,10,15-17H2,1-3H3,(H,25,29). The van der Waals surface area contributed by atoms with Gasteiger partial charge in [0.25, 0.3) is 5.91 Å². The van der Waals surface area contributed by atoms with E-state index in [0.717, 1.165) is 30.3 Å². The van der Waals surface area contributed by atoms with Crippen LogP contribution in [0.2, 0.25) is 0 Å². The van der Waals surface area contributed by atoms with Crippen molar-refractivity contribution in [2.24, 2.45) is 0 Å². The van der Waals surface area contributed by atoms with Crippen LogP contribution in [0.3, 0.4) is 0 Å². The van der Waals surface area contributed by atoms with Gasteiger partial charge >= 0.3 is 0 Å². The monoisotopic (exact) mass is 473 g/mol. The van der Waals surface area contributed by atoms with Crippen LogP contribution in [0.25, 0.3) is 0 Å². The molecule has 1 fully saturated rings. The minimum Gasteiger partial charge on any atom is -0.481 e. The lowest BCUT2D eigenvalue weighted by molar-refractivity contribution is -0.129. The van der Waals surface area contributed by atoms with Gasteiger partial charge in [-0.25, -0.2) is 8.42 Å². The van der Waals surface area contributed by atoms with E-state index in [0.29, 0.717) is 37.4 Å². The Balaban J connectivity index is 1.60. The molecule has 2 amide bonds. The zero-order valence-electron chi connectivity index (χ0n) is 19.3. The maximum Gasteiger partial charge on any atom is 0.261 e. The van der Waals surface area contributed by atoms with Crippen molar-refractivity contribution in [3.63, 3.8) is 0 Å². The van der Waals surface area contributed by atoms with Crippen molar-refractivity contribution in [1.29, 1.82) is 0 Å². The molecule has 1 N–H and O–H groups in total. The minimum absolute atomic E-state index is 0.169. The van der Waals surface area contributed by atoms with Crippen LogP contribution in [0.4, 0.5) is 5.69 Å². The fourth-order valence-corrected chi connectivity index (χ4v) is 4.17. The lowest BCUT2D eigenvalue weighted by Crippen LogP contribution is -2.38. The van der Waals surface area contributed by atoms with E-state index in [2.05, 4.69) is 5.32 Å². The van der Waals surface area contributed by atoms with E-state index < -0.39 is 16.1 Å². The predicted molar refractivity (Wildman–Crippen MR) is 127 cm³/mol. The van der Waals surface area contributed by atoms with E-state index in [1.165, 1.54) is 11.4 Å². The molecule has 2 aromatic rings. The van der Waals surface area contributed by atoms with Gasteiger partial charge in [0.1, 0.15) is 5.75 Å². The molecule has 33 heavy (non-hydrogen) atoms. The Bertz CT molecular complexity index is 1090. The average molecular weight is 474 g/mol. The van der Waals surface area contributed by atoms with Crippen molar-refractivity contribution in [3.8, 4) is 5.75 Å². The van der Waals surface area contributed by atoms with Crippen molar-refractivity contribution in [1.82, 2.24) is 10.2 Å². The largest absolute Gasteiger partial charge is 0.481 e. The number of amides is 2. The molecular weight excluding hydrogens is 442 g/mol. The summed E-state index contributed by atoms with van der Waals surface area (Å²) in [6.45, 7) is 3.52. The number of sulfonamides is 1. The molecule has 178 valence electrons. The minimum atomic E-state index is -3.35. The highest BCUT2D eigenvalue weighted by molar-refractivity contribution is 7.92. The van der Waals surface area contributed by atoms with Crippen LogP contribution in [0, 0.1) is 0 Å². The Kier molecular flexibility index (Phi) is 7.97. The average Bonchev–Trinajstić information content (AvgIpc) is 3.20. The zero-order valence-corrected chi connectivity index (χ0v) is 20.1. The van der Waals surface area contributed by atoms with Gasteiger partial charge in [0.15, 0.2) is 6.10 Å². The molecule has 0 saturated carbocycles. The summed E-state index contributed by atoms with van der Waals surface area (Å²) in [6.07, 6.45) is 2.41. The summed E-state index contributed by atoms with van der Waals surface area (Å²) in [5.41, 5.74) is 2.50. The normalized spacial score (nSPS) is 14.8. The number of rotatable bonds is 10. The van der Waals surface area contributed by atoms with Crippen LogP contribution in [0.5, 0.6) is 5.75 Å². The highest BCUT2D eigenvalue weighted by Crippen LogP contribution is 2.22. The van der Waals surface area contributed by atoms with Crippen molar-refractivity contribution >= 4 is 27.5 Å². The van der Waals surface area contributed by atoms with Crippen molar-refractivity contribution in [2.75, 3.05) is 24.2 Å². The van der Waals surface area contributed by atoms with E-state index in [1.54, 1.807) is 24.3 Å². The van der Waals surface area contributed by atoms with E-state index in [1.807, 2.05) is 36.1 Å². The van der Waals surface area contributed by atoms with E-state index in [-0.39, 0.29) is 11.8 Å². The molecule has 0 radical (unpaired) electrons. The van der Waals surface area contributed by atoms with Gasteiger partial charge in [0.05, 0.1) is 11.9 Å². The maximum absolute atomic E-state index is 12.8. The third-order valence-corrected chi connectivity index (χ3v) is 6.95. The topological polar surface area (TPSA) is 96.0 Å². The van der Waals surface area contributed by atoms with Gasteiger partial charge in [0.2, 0.25) is 15.9 Å². The lowest BCUT2D eigenvalue weighted by atomic mass is 10.1. The highest BCUT2D eigenvalue weighted by Gasteiger charge is 2.22. The predicted octanol–water partition coefficient (Wildman–Crippen LogP) is 2.68. The van der Waals surface area contributed by atoms with E-state index >= 15 is 0 Å². The third-order valence-electron chi connectivity index (χ3n) is 5.74.